The van der Waals surface area contributed by atoms with Crippen molar-refractivity contribution in [2.45, 2.75) is 19.8 Å². The van der Waals surface area contributed by atoms with E-state index in [2.05, 4.69) is 20.8 Å². The van der Waals surface area contributed by atoms with Gasteiger partial charge in [0.2, 0.25) is 0 Å². The van der Waals surface area contributed by atoms with Gasteiger partial charge in [-0.3, -0.25) is 9.69 Å². The summed E-state index contributed by atoms with van der Waals surface area (Å²) in [4.78, 5) is 14.0. The highest BCUT2D eigenvalue weighted by Gasteiger charge is 2.25. The van der Waals surface area contributed by atoms with Crippen molar-refractivity contribution in [2.24, 2.45) is 5.92 Å². The summed E-state index contributed by atoms with van der Waals surface area (Å²) in [5, 5.41) is 0. The van der Waals surface area contributed by atoms with Crippen LogP contribution in [0.15, 0.2) is 28.7 Å². The number of carbonyl (C=O) groups excluding carboxylic acids is 1. The van der Waals surface area contributed by atoms with Crippen molar-refractivity contribution < 1.29 is 14.3 Å². The van der Waals surface area contributed by atoms with E-state index >= 15 is 0 Å². The van der Waals surface area contributed by atoms with Gasteiger partial charge in [0.05, 0.1) is 12.5 Å². The minimum absolute atomic E-state index is 0. The number of halogens is 2. The molecule has 1 aromatic carbocycles. The molecule has 1 heterocycles. The van der Waals surface area contributed by atoms with E-state index in [1.54, 1.807) is 0 Å². The van der Waals surface area contributed by atoms with Crippen molar-refractivity contribution in [2.75, 3.05) is 32.8 Å². The van der Waals surface area contributed by atoms with E-state index in [9.17, 15) is 4.79 Å². The van der Waals surface area contributed by atoms with Gasteiger partial charge in [0.1, 0.15) is 12.4 Å². The van der Waals surface area contributed by atoms with Crippen LogP contribution in [0, 0.1) is 5.92 Å². The first-order valence-corrected chi connectivity index (χ1v) is 8.25. The minimum Gasteiger partial charge on any atom is -0.492 e. The smallest absolute Gasteiger partial charge is 0.309 e. The van der Waals surface area contributed by atoms with Crippen LogP contribution in [0.25, 0.3) is 0 Å². The van der Waals surface area contributed by atoms with Gasteiger partial charge in [0, 0.05) is 11.0 Å². The Bertz CT molecular complexity index is 464. The molecule has 22 heavy (non-hydrogen) atoms. The van der Waals surface area contributed by atoms with Crippen LogP contribution < -0.4 is 4.74 Å². The predicted molar refractivity (Wildman–Crippen MR) is 92.7 cm³/mol. The SMILES string of the molecule is CCOC(=O)C1CCN(CCOc2cccc(Br)c2)CC1.Cl. The Labute approximate surface area is 146 Å². The van der Waals surface area contributed by atoms with E-state index in [0.717, 1.165) is 42.7 Å². The normalized spacial score (nSPS) is 15.9. The number of hydrogen-bond acceptors (Lipinski definition) is 4. The summed E-state index contributed by atoms with van der Waals surface area (Å²) >= 11 is 3.43. The highest BCUT2D eigenvalue weighted by atomic mass is 79.9. The lowest BCUT2D eigenvalue weighted by Crippen LogP contribution is -2.39. The second-order valence-electron chi connectivity index (χ2n) is 5.17. The van der Waals surface area contributed by atoms with Crippen molar-refractivity contribution in [3.8, 4) is 5.75 Å². The average Bonchev–Trinajstić information content (AvgIpc) is 2.48. The van der Waals surface area contributed by atoms with Gasteiger partial charge in [-0.15, -0.1) is 12.4 Å². The lowest BCUT2D eigenvalue weighted by molar-refractivity contribution is -0.149. The zero-order valence-electron chi connectivity index (χ0n) is 12.8. The molecule has 0 atom stereocenters. The molecule has 124 valence electrons. The molecule has 1 saturated heterocycles. The number of nitrogens with zero attached hydrogens (tertiary/aromatic N) is 1. The molecular weight excluding hydrogens is 370 g/mol. The molecule has 1 aliphatic rings. The molecule has 0 N–H and O–H groups in total. The summed E-state index contributed by atoms with van der Waals surface area (Å²) in [6.45, 7) is 5.76. The average molecular weight is 393 g/mol. The summed E-state index contributed by atoms with van der Waals surface area (Å²) in [7, 11) is 0. The van der Waals surface area contributed by atoms with E-state index in [0.29, 0.717) is 13.2 Å². The molecule has 1 fully saturated rings. The fraction of sp³-hybridized carbons (Fsp3) is 0.562. The van der Waals surface area contributed by atoms with Crippen molar-refractivity contribution in [1.29, 1.82) is 0 Å². The Kier molecular flexibility index (Phi) is 8.83. The number of hydrogen-bond donors (Lipinski definition) is 0. The van der Waals surface area contributed by atoms with Crippen molar-refractivity contribution in [3.63, 3.8) is 0 Å². The zero-order chi connectivity index (χ0) is 15.1. The second-order valence-corrected chi connectivity index (χ2v) is 6.09. The topological polar surface area (TPSA) is 38.8 Å². The number of likely N-dealkylation sites (tertiary alicyclic amines) is 1. The van der Waals surface area contributed by atoms with Crippen molar-refractivity contribution in [3.05, 3.63) is 28.7 Å². The Morgan fingerprint density at radius 1 is 1.36 bits per heavy atom. The maximum absolute atomic E-state index is 11.7. The van der Waals surface area contributed by atoms with Crippen LogP contribution in [-0.2, 0) is 9.53 Å². The van der Waals surface area contributed by atoms with Gasteiger partial charge in [0.15, 0.2) is 0 Å². The van der Waals surface area contributed by atoms with Gasteiger partial charge < -0.3 is 9.47 Å². The molecule has 2 rings (SSSR count). The summed E-state index contributed by atoms with van der Waals surface area (Å²) < 4.78 is 11.8. The van der Waals surface area contributed by atoms with Gasteiger partial charge in [-0.25, -0.2) is 0 Å². The lowest BCUT2D eigenvalue weighted by Gasteiger charge is -2.30. The first-order valence-electron chi connectivity index (χ1n) is 7.46. The molecule has 0 aromatic heterocycles. The van der Waals surface area contributed by atoms with Gasteiger partial charge in [-0.1, -0.05) is 22.0 Å². The standard InChI is InChI=1S/C16H22BrNO3.ClH/c1-2-20-16(19)13-6-8-18(9-7-13)10-11-21-15-5-3-4-14(17)12-15;/h3-5,12-13H,2,6-11H2,1H3;1H. The van der Waals surface area contributed by atoms with Gasteiger partial charge in [-0.2, -0.15) is 0 Å². The maximum Gasteiger partial charge on any atom is 0.309 e. The Hall–Kier alpha value is -0.780. The van der Waals surface area contributed by atoms with Crippen LogP contribution in [0.3, 0.4) is 0 Å². The molecular formula is C16H23BrClNO3. The van der Waals surface area contributed by atoms with Crippen LogP contribution in [-0.4, -0.2) is 43.7 Å². The second kappa shape index (κ2) is 10.1. The summed E-state index contributed by atoms with van der Waals surface area (Å²) in [6, 6.07) is 7.86. The minimum atomic E-state index is -0.0393. The number of ether oxygens (including phenoxy) is 2. The molecule has 0 aliphatic carbocycles. The first-order chi connectivity index (χ1) is 10.2. The molecule has 0 unspecified atom stereocenters. The lowest BCUT2D eigenvalue weighted by atomic mass is 9.97. The molecule has 0 spiro atoms. The number of piperidine rings is 1. The van der Waals surface area contributed by atoms with Crippen molar-refractivity contribution >= 4 is 34.3 Å². The number of esters is 1. The third-order valence-corrected chi connectivity index (χ3v) is 4.17. The summed E-state index contributed by atoms with van der Waals surface area (Å²) in [5.41, 5.74) is 0. The predicted octanol–water partition coefficient (Wildman–Crippen LogP) is 3.52. The van der Waals surface area contributed by atoms with Gasteiger partial charge in [0.25, 0.3) is 0 Å². The van der Waals surface area contributed by atoms with Crippen LogP contribution in [0.1, 0.15) is 19.8 Å². The molecule has 6 heteroatoms. The fourth-order valence-corrected chi connectivity index (χ4v) is 2.88. The van der Waals surface area contributed by atoms with Crippen LogP contribution in [0.4, 0.5) is 0 Å². The van der Waals surface area contributed by atoms with E-state index in [1.807, 2.05) is 31.2 Å². The van der Waals surface area contributed by atoms with E-state index in [-0.39, 0.29) is 24.3 Å². The Morgan fingerprint density at radius 3 is 2.73 bits per heavy atom. The first kappa shape index (κ1) is 19.3. The van der Waals surface area contributed by atoms with Gasteiger partial charge >= 0.3 is 5.97 Å². The summed E-state index contributed by atoms with van der Waals surface area (Å²) in [5.74, 6) is 0.917. The summed E-state index contributed by atoms with van der Waals surface area (Å²) in [6.07, 6.45) is 1.77. The molecule has 0 radical (unpaired) electrons. The molecule has 0 amide bonds. The molecule has 4 nitrogen and oxygen atoms in total. The monoisotopic (exact) mass is 391 g/mol. The number of rotatable bonds is 6. The van der Waals surface area contributed by atoms with E-state index in [4.69, 9.17) is 9.47 Å². The van der Waals surface area contributed by atoms with Crippen LogP contribution >= 0.6 is 28.3 Å². The maximum atomic E-state index is 11.7. The van der Waals surface area contributed by atoms with Crippen LogP contribution in [0.5, 0.6) is 5.75 Å². The number of carbonyl (C=O) groups is 1. The zero-order valence-corrected chi connectivity index (χ0v) is 15.2. The van der Waals surface area contributed by atoms with E-state index in [1.165, 1.54) is 0 Å². The molecule has 0 bridgehead atoms. The van der Waals surface area contributed by atoms with Crippen LogP contribution in [0.2, 0.25) is 0 Å². The van der Waals surface area contributed by atoms with Crippen molar-refractivity contribution in [1.82, 2.24) is 4.90 Å². The molecule has 1 aromatic rings. The highest BCUT2D eigenvalue weighted by molar-refractivity contribution is 9.10. The quantitative estimate of drug-likeness (QED) is 0.694. The molecule has 1 aliphatic heterocycles. The van der Waals surface area contributed by atoms with Gasteiger partial charge in [-0.05, 0) is 51.1 Å². The third-order valence-electron chi connectivity index (χ3n) is 3.68. The van der Waals surface area contributed by atoms with E-state index < -0.39 is 0 Å². The highest BCUT2D eigenvalue weighted by Crippen LogP contribution is 2.20. The Morgan fingerprint density at radius 2 is 2.09 bits per heavy atom. The number of benzene rings is 1. The largest absolute Gasteiger partial charge is 0.492 e. The Balaban J connectivity index is 0.00000242. The fourth-order valence-electron chi connectivity index (χ4n) is 2.50. The molecule has 0 saturated carbocycles. The third kappa shape index (κ3) is 6.15.